The summed E-state index contributed by atoms with van der Waals surface area (Å²) < 4.78 is 0. The second kappa shape index (κ2) is 4.84. The first kappa shape index (κ1) is 12.3. The van der Waals surface area contributed by atoms with E-state index in [1.807, 2.05) is 19.1 Å². The summed E-state index contributed by atoms with van der Waals surface area (Å²) in [6, 6.07) is 8.26. The molecule has 15 heavy (non-hydrogen) atoms. The van der Waals surface area contributed by atoms with Crippen LogP contribution >= 0.6 is 12.4 Å². The number of nitrogens with zero attached hydrogens (tertiary/aromatic N) is 1. The van der Waals surface area contributed by atoms with Crippen molar-refractivity contribution in [1.82, 2.24) is 0 Å². The molecule has 4 heteroatoms. The summed E-state index contributed by atoms with van der Waals surface area (Å²) in [5, 5.41) is 9.19. The average molecular weight is 229 g/mol. The summed E-state index contributed by atoms with van der Waals surface area (Å²) in [5.74, 6) is 0. The Balaban J connectivity index is 0.00000112. The van der Waals surface area contributed by atoms with Crippen molar-refractivity contribution in [3.63, 3.8) is 0 Å². The number of rotatable bonds is 2. The summed E-state index contributed by atoms with van der Waals surface area (Å²) in [5.41, 5.74) is 8.10. The maximum atomic E-state index is 9.19. The van der Waals surface area contributed by atoms with E-state index in [1.165, 1.54) is 0 Å². The number of anilines is 1. The molecule has 3 nitrogen and oxygen atoms in total. The lowest BCUT2D eigenvalue weighted by molar-refractivity contribution is 0.142. The SMILES string of the molecule is C[C@@H](N)c1cccc(N2CC(O)C2)c1.Cl. The number of halogens is 1. The predicted octanol–water partition coefficient (Wildman–Crippen LogP) is 1.31. The van der Waals surface area contributed by atoms with Crippen molar-refractivity contribution in [2.75, 3.05) is 18.0 Å². The number of benzene rings is 1. The van der Waals surface area contributed by atoms with Crippen molar-refractivity contribution in [2.24, 2.45) is 5.73 Å². The van der Waals surface area contributed by atoms with Crippen LogP contribution in [0.1, 0.15) is 18.5 Å². The van der Waals surface area contributed by atoms with Crippen molar-refractivity contribution in [2.45, 2.75) is 19.1 Å². The van der Waals surface area contributed by atoms with Crippen LogP contribution in [0.5, 0.6) is 0 Å². The zero-order valence-electron chi connectivity index (χ0n) is 8.76. The molecule has 3 N–H and O–H groups in total. The predicted molar refractivity (Wildman–Crippen MR) is 64.5 cm³/mol. The Hall–Kier alpha value is -0.770. The summed E-state index contributed by atoms with van der Waals surface area (Å²) in [6.45, 7) is 3.45. The van der Waals surface area contributed by atoms with Gasteiger partial charge in [-0.05, 0) is 24.6 Å². The zero-order valence-corrected chi connectivity index (χ0v) is 9.57. The molecule has 1 aromatic rings. The van der Waals surface area contributed by atoms with Gasteiger partial charge in [0, 0.05) is 24.8 Å². The normalized spacial score (nSPS) is 17.9. The van der Waals surface area contributed by atoms with E-state index in [1.54, 1.807) is 0 Å². The number of hydrogen-bond donors (Lipinski definition) is 2. The summed E-state index contributed by atoms with van der Waals surface area (Å²) in [4.78, 5) is 2.15. The van der Waals surface area contributed by atoms with Crippen molar-refractivity contribution >= 4 is 18.1 Å². The minimum atomic E-state index is -0.158. The lowest BCUT2D eigenvalue weighted by Gasteiger charge is -2.38. The standard InChI is InChI=1S/C11H16N2O.ClH/c1-8(12)9-3-2-4-10(5-9)13-6-11(14)7-13;/h2-5,8,11,14H,6-7,12H2,1H3;1H/t8-;/m1./s1. The number of aliphatic hydroxyl groups is 1. The van der Waals surface area contributed by atoms with E-state index in [0.29, 0.717) is 0 Å². The second-order valence-electron chi connectivity index (χ2n) is 3.94. The van der Waals surface area contributed by atoms with Gasteiger partial charge in [-0.2, -0.15) is 0 Å². The van der Waals surface area contributed by atoms with Crippen LogP contribution in [0.25, 0.3) is 0 Å². The summed E-state index contributed by atoms with van der Waals surface area (Å²) >= 11 is 0. The summed E-state index contributed by atoms with van der Waals surface area (Å²) in [6.07, 6.45) is -0.158. The third-order valence-electron chi connectivity index (χ3n) is 2.62. The molecule has 1 aliphatic rings. The highest BCUT2D eigenvalue weighted by atomic mass is 35.5. The first-order valence-corrected chi connectivity index (χ1v) is 4.95. The molecule has 0 saturated carbocycles. The first-order valence-electron chi connectivity index (χ1n) is 4.95. The van der Waals surface area contributed by atoms with Gasteiger partial charge in [0.15, 0.2) is 0 Å². The summed E-state index contributed by atoms with van der Waals surface area (Å²) in [7, 11) is 0. The number of β-amino-alcohol motifs (C(OH)–C–C–N with tert-alkyl or cyclic N) is 1. The van der Waals surface area contributed by atoms with Crippen LogP contribution in [0.15, 0.2) is 24.3 Å². The third-order valence-corrected chi connectivity index (χ3v) is 2.62. The maximum absolute atomic E-state index is 9.19. The average Bonchev–Trinajstić information content (AvgIpc) is 2.13. The quantitative estimate of drug-likeness (QED) is 0.803. The van der Waals surface area contributed by atoms with E-state index in [0.717, 1.165) is 24.3 Å². The largest absolute Gasteiger partial charge is 0.389 e. The van der Waals surface area contributed by atoms with Gasteiger partial charge >= 0.3 is 0 Å². The maximum Gasteiger partial charge on any atom is 0.0889 e. The van der Waals surface area contributed by atoms with Crippen LogP contribution in [0.2, 0.25) is 0 Å². The van der Waals surface area contributed by atoms with E-state index in [2.05, 4.69) is 17.0 Å². The van der Waals surface area contributed by atoms with E-state index in [4.69, 9.17) is 5.73 Å². The Labute approximate surface area is 96.3 Å². The zero-order chi connectivity index (χ0) is 10.1. The molecule has 0 aromatic heterocycles. The molecule has 1 aromatic carbocycles. The number of hydrogen-bond acceptors (Lipinski definition) is 3. The van der Waals surface area contributed by atoms with Gasteiger partial charge in [-0.25, -0.2) is 0 Å². The molecule has 1 aliphatic heterocycles. The van der Waals surface area contributed by atoms with E-state index < -0.39 is 0 Å². The molecule has 0 radical (unpaired) electrons. The smallest absolute Gasteiger partial charge is 0.0889 e. The minimum Gasteiger partial charge on any atom is -0.389 e. The lowest BCUT2D eigenvalue weighted by Crippen LogP contribution is -2.50. The minimum absolute atomic E-state index is 0. The van der Waals surface area contributed by atoms with Gasteiger partial charge in [0.1, 0.15) is 0 Å². The molecule has 1 saturated heterocycles. The fraction of sp³-hybridized carbons (Fsp3) is 0.455. The van der Waals surface area contributed by atoms with E-state index >= 15 is 0 Å². The lowest BCUT2D eigenvalue weighted by atomic mass is 10.1. The first-order chi connectivity index (χ1) is 6.66. The third kappa shape index (κ3) is 2.62. The number of aliphatic hydroxyl groups excluding tert-OH is 1. The topological polar surface area (TPSA) is 49.5 Å². The van der Waals surface area contributed by atoms with Crippen molar-refractivity contribution in [3.8, 4) is 0 Å². The van der Waals surface area contributed by atoms with Crippen molar-refractivity contribution in [1.29, 1.82) is 0 Å². The molecular formula is C11H17ClN2O. The molecule has 84 valence electrons. The van der Waals surface area contributed by atoms with Crippen molar-refractivity contribution < 1.29 is 5.11 Å². The molecule has 0 spiro atoms. The van der Waals surface area contributed by atoms with Gasteiger partial charge in [-0.3, -0.25) is 0 Å². The van der Waals surface area contributed by atoms with Gasteiger partial charge in [0.2, 0.25) is 0 Å². The Bertz CT molecular complexity index is 324. The highest BCUT2D eigenvalue weighted by Crippen LogP contribution is 2.23. The highest BCUT2D eigenvalue weighted by molar-refractivity contribution is 5.85. The van der Waals surface area contributed by atoms with Crippen LogP contribution in [-0.2, 0) is 0 Å². The molecule has 0 aliphatic carbocycles. The van der Waals surface area contributed by atoms with Crippen LogP contribution in [-0.4, -0.2) is 24.3 Å². The Kier molecular flexibility index (Phi) is 3.97. The molecule has 0 bridgehead atoms. The van der Waals surface area contributed by atoms with Gasteiger partial charge in [0.05, 0.1) is 6.10 Å². The van der Waals surface area contributed by atoms with Gasteiger partial charge in [-0.15, -0.1) is 12.4 Å². The van der Waals surface area contributed by atoms with Gasteiger partial charge in [0.25, 0.3) is 0 Å². The van der Waals surface area contributed by atoms with Crippen LogP contribution < -0.4 is 10.6 Å². The monoisotopic (exact) mass is 228 g/mol. The van der Waals surface area contributed by atoms with Crippen LogP contribution in [0, 0.1) is 0 Å². The Morgan fingerprint density at radius 2 is 2.13 bits per heavy atom. The van der Waals surface area contributed by atoms with Gasteiger partial charge in [-0.1, -0.05) is 12.1 Å². The van der Waals surface area contributed by atoms with Crippen molar-refractivity contribution in [3.05, 3.63) is 29.8 Å². The number of nitrogens with two attached hydrogens (primary N) is 1. The van der Waals surface area contributed by atoms with Crippen LogP contribution in [0.4, 0.5) is 5.69 Å². The van der Waals surface area contributed by atoms with Gasteiger partial charge < -0.3 is 15.7 Å². The Morgan fingerprint density at radius 3 is 2.67 bits per heavy atom. The van der Waals surface area contributed by atoms with E-state index in [-0.39, 0.29) is 24.6 Å². The molecular weight excluding hydrogens is 212 g/mol. The molecule has 0 amide bonds. The van der Waals surface area contributed by atoms with E-state index in [9.17, 15) is 5.11 Å². The molecule has 1 fully saturated rings. The fourth-order valence-corrected chi connectivity index (χ4v) is 1.67. The van der Waals surface area contributed by atoms with Crippen LogP contribution in [0.3, 0.4) is 0 Å². The fourth-order valence-electron chi connectivity index (χ4n) is 1.67. The Morgan fingerprint density at radius 1 is 1.47 bits per heavy atom. The highest BCUT2D eigenvalue weighted by Gasteiger charge is 2.24. The second-order valence-corrected chi connectivity index (χ2v) is 3.94. The molecule has 1 heterocycles. The molecule has 0 unspecified atom stereocenters. The molecule has 2 rings (SSSR count). The molecule has 1 atom stereocenters.